The number of aryl methyl sites for hydroxylation is 1. The van der Waals surface area contributed by atoms with Crippen LogP contribution in [-0.2, 0) is 10.2 Å². The highest BCUT2D eigenvalue weighted by Crippen LogP contribution is 2.38. The maximum atomic E-state index is 13.5. The molecule has 0 saturated carbocycles. The largest absolute Gasteiger partial charge is 0.382 e. The third-order valence-corrected chi connectivity index (χ3v) is 4.72. The quantitative estimate of drug-likeness (QED) is 0.767. The Hall–Kier alpha value is -2.74. The highest BCUT2D eigenvalue weighted by Gasteiger charge is 2.46. The van der Waals surface area contributed by atoms with Gasteiger partial charge >= 0.3 is 0 Å². The zero-order valence-electron chi connectivity index (χ0n) is 13.7. The van der Waals surface area contributed by atoms with Crippen LogP contribution < -0.4 is 5.73 Å². The highest BCUT2D eigenvalue weighted by atomic mass is 19.1. The molecule has 25 heavy (non-hydrogen) atoms. The van der Waals surface area contributed by atoms with Crippen LogP contribution in [0.15, 0.2) is 28.8 Å². The fourth-order valence-corrected chi connectivity index (χ4v) is 3.35. The van der Waals surface area contributed by atoms with E-state index in [2.05, 4.69) is 10.3 Å². The SMILES string of the molecule is Cc1cc(C2(C(=O)n3nc(N)c4cc(F)ccc43)CCOCC2)on1. The number of hydrogen-bond donors (Lipinski definition) is 1. The molecule has 8 heteroatoms. The molecule has 1 fully saturated rings. The van der Waals surface area contributed by atoms with Gasteiger partial charge in [-0.25, -0.2) is 4.39 Å². The zero-order chi connectivity index (χ0) is 17.6. The van der Waals surface area contributed by atoms with Crippen molar-refractivity contribution in [1.82, 2.24) is 14.9 Å². The van der Waals surface area contributed by atoms with Crippen molar-refractivity contribution in [3.8, 4) is 0 Å². The Bertz CT molecular complexity index is 956. The zero-order valence-corrected chi connectivity index (χ0v) is 13.7. The molecule has 3 heterocycles. The van der Waals surface area contributed by atoms with Crippen molar-refractivity contribution in [1.29, 1.82) is 0 Å². The van der Waals surface area contributed by atoms with Gasteiger partial charge in [0.25, 0.3) is 5.91 Å². The van der Waals surface area contributed by atoms with Crippen molar-refractivity contribution in [3.63, 3.8) is 0 Å². The molecular formula is C17H17FN4O3. The minimum Gasteiger partial charge on any atom is -0.382 e. The number of carbonyl (C=O) groups is 1. The van der Waals surface area contributed by atoms with Gasteiger partial charge in [-0.2, -0.15) is 4.68 Å². The Balaban J connectivity index is 1.87. The summed E-state index contributed by atoms with van der Waals surface area (Å²) in [6, 6.07) is 5.82. The number of ether oxygens (including phenoxy) is 1. The van der Waals surface area contributed by atoms with Crippen molar-refractivity contribution < 1.29 is 18.4 Å². The van der Waals surface area contributed by atoms with E-state index in [0.717, 1.165) is 0 Å². The topological polar surface area (TPSA) is 96.2 Å². The number of aromatic nitrogens is 3. The van der Waals surface area contributed by atoms with E-state index in [9.17, 15) is 9.18 Å². The Morgan fingerprint density at radius 2 is 2.08 bits per heavy atom. The number of halogens is 1. The second kappa shape index (κ2) is 5.66. The molecule has 0 atom stereocenters. The summed E-state index contributed by atoms with van der Waals surface area (Å²) in [6.07, 6.45) is 0.895. The second-order valence-corrected chi connectivity index (χ2v) is 6.29. The van der Waals surface area contributed by atoms with Gasteiger partial charge in [0.15, 0.2) is 11.6 Å². The van der Waals surface area contributed by atoms with Crippen molar-refractivity contribution in [3.05, 3.63) is 41.5 Å². The van der Waals surface area contributed by atoms with Crippen molar-refractivity contribution in [2.24, 2.45) is 0 Å². The number of carbonyl (C=O) groups excluding carboxylic acids is 1. The van der Waals surface area contributed by atoms with Gasteiger partial charge in [-0.1, -0.05) is 5.16 Å². The van der Waals surface area contributed by atoms with E-state index in [1.54, 1.807) is 13.0 Å². The van der Waals surface area contributed by atoms with Crippen molar-refractivity contribution in [2.45, 2.75) is 25.2 Å². The minimum atomic E-state index is -0.931. The van der Waals surface area contributed by atoms with Crippen LogP contribution in [0.3, 0.4) is 0 Å². The monoisotopic (exact) mass is 344 g/mol. The number of benzene rings is 1. The molecule has 4 rings (SSSR count). The maximum absolute atomic E-state index is 13.5. The number of fused-ring (bicyclic) bond motifs is 1. The molecule has 1 aromatic carbocycles. The van der Waals surface area contributed by atoms with Gasteiger partial charge in [-0.3, -0.25) is 4.79 Å². The summed E-state index contributed by atoms with van der Waals surface area (Å²) >= 11 is 0. The Morgan fingerprint density at radius 3 is 2.76 bits per heavy atom. The van der Waals surface area contributed by atoms with Crippen molar-refractivity contribution in [2.75, 3.05) is 18.9 Å². The Kier molecular flexibility index (Phi) is 3.57. The number of hydrogen-bond acceptors (Lipinski definition) is 6. The summed E-state index contributed by atoms with van der Waals surface area (Å²) in [5.41, 5.74) is 6.12. The average Bonchev–Trinajstić information content (AvgIpc) is 3.19. The lowest BCUT2D eigenvalue weighted by Gasteiger charge is -2.32. The maximum Gasteiger partial charge on any atom is 0.261 e. The van der Waals surface area contributed by atoms with Gasteiger partial charge in [0, 0.05) is 24.7 Å². The predicted octanol–water partition coefficient (Wildman–Crippen LogP) is 2.44. The predicted molar refractivity (Wildman–Crippen MR) is 87.7 cm³/mol. The first-order valence-corrected chi connectivity index (χ1v) is 8.01. The number of anilines is 1. The fraction of sp³-hybridized carbons (Fsp3) is 0.353. The molecule has 2 N–H and O–H groups in total. The summed E-state index contributed by atoms with van der Waals surface area (Å²) in [4.78, 5) is 13.5. The van der Waals surface area contributed by atoms with E-state index in [0.29, 0.717) is 48.4 Å². The van der Waals surface area contributed by atoms with Gasteiger partial charge in [-0.05, 0) is 38.0 Å². The summed E-state index contributed by atoms with van der Waals surface area (Å²) in [6.45, 7) is 2.65. The molecule has 0 aliphatic carbocycles. The van der Waals surface area contributed by atoms with Crippen LogP contribution in [0.25, 0.3) is 10.9 Å². The molecule has 1 saturated heterocycles. The number of rotatable bonds is 2. The van der Waals surface area contributed by atoms with Crippen LogP contribution in [0.1, 0.15) is 29.1 Å². The first-order chi connectivity index (χ1) is 12.0. The van der Waals surface area contributed by atoms with Crippen LogP contribution in [-0.4, -0.2) is 34.1 Å². The number of nitrogen functional groups attached to an aromatic ring is 1. The van der Waals surface area contributed by atoms with Crippen LogP contribution >= 0.6 is 0 Å². The lowest BCUT2D eigenvalue weighted by molar-refractivity contribution is 0.0288. The summed E-state index contributed by atoms with van der Waals surface area (Å²) in [5.74, 6) is -0.112. The molecular weight excluding hydrogens is 327 g/mol. The Labute approximate surface area is 142 Å². The summed E-state index contributed by atoms with van der Waals surface area (Å²) in [5, 5.41) is 8.49. The van der Waals surface area contributed by atoms with Crippen LogP contribution in [0.4, 0.5) is 10.2 Å². The lowest BCUT2D eigenvalue weighted by atomic mass is 9.77. The molecule has 0 unspecified atom stereocenters. The van der Waals surface area contributed by atoms with Crippen LogP contribution in [0.2, 0.25) is 0 Å². The molecule has 0 radical (unpaired) electrons. The van der Waals surface area contributed by atoms with E-state index in [1.165, 1.54) is 22.9 Å². The number of nitrogens with zero attached hydrogens (tertiary/aromatic N) is 3. The van der Waals surface area contributed by atoms with E-state index >= 15 is 0 Å². The van der Waals surface area contributed by atoms with Gasteiger partial charge < -0.3 is 15.0 Å². The first-order valence-electron chi connectivity index (χ1n) is 8.01. The molecule has 1 aliphatic heterocycles. The first kappa shape index (κ1) is 15.8. The van der Waals surface area contributed by atoms with Gasteiger partial charge in [0.2, 0.25) is 0 Å². The molecule has 0 bridgehead atoms. The highest BCUT2D eigenvalue weighted by molar-refractivity contribution is 6.00. The van der Waals surface area contributed by atoms with E-state index in [-0.39, 0.29) is 11.7 Å². The molecule has 2 aromatic heterocycles. The lowest BCUT2D eigenvalue weighted by Crippen LogP contribution is -2.44. The van der Waals surface area contributed by atoms with Crippen LogP contribution in [0.5, 0.6) is 0 Å². The third kappa shape index (κ3) is 2.41. The molecule has 0 spiro atoms. The van der Waals surface area contributed by atoms with Gasteiger partial charge in [0.1, 0.15) is 11.2 Å². The van der Waals surface area contributed by atoms with Crippen LogP contribution in [0, 0.1) is 12.7 Å². The molecule has 7 nitrogen and oxygen atoms in total. The normalized spacial score (nSPS) is 17.0. The fourth-order valence-electron chi connectivity index (χ4n) is 3.35. The minimum absolute atomic E-state index is 0.110. The molecule has 130 valence electrons. The van der Waals surface area contributed by atoms with Gasteiger partial charge in [0.05, 0.1) is 11.2 Å². The average molecular weight is 344 g/mol. The van der Waals surface area contributed by atoms with Gasteiger partial charge in [-0.15, -0.1) is 5.10 Å². The third-order valence-electron chi connectivity index (χ3n) is 4.72. The number of nitrogens with two attached hydrogens (primary N) is 1. The smallest absolute Gasteiger partial charge is 0.261 e. The Morgan fingerprint density at radius 1 is 1.32 bits per heavy atom. The van der Waals surface area contributed by atoms with E-state index in [4.69, 9.17) is 15.0 Å². The molecule has 3 aromatic rings. The van der Waals surface area contributed by atoms with E-state index in [1.807, 2.05) is 0 Å². The standard InChI is InChI=1S/C17H17FN4O3/c1-10-8-14(25-21-10)17(4-6-24-7-5-17)16(23)22-13-3-2-11(18)9-12(13)15(19)20-22/h2-3,8-9H,4-7H2,1H3,(H2,19,20). The second-order valence-electron chi connectivity index (χ2n) is 6.29. The molecule has 0 amide bonds. The summed E-state index contributed by atoms with van der Waals surface area (Å²) in [7, 11) is 0. The van der Waals surface area contributed by atoms with Crippen molar-refractivity contribution >= 4 is 22.6 Å². The molecule has 1 aliphatic rings. The summed E-state index contributed by atoms with van der Waals surface area (Å²) < 4.78 is 25.6. The van der Waals surface area contributed by atoms with E-state index < -0.39 is 11.2 Å².